The zero-order valence-corrected chi connectivity index (χ0v) is 15.7. The molecule has 0 atom stereocenters. The Morgan fingerprint density at radius 1 is 1.07 bits per heavy atom. The zero-order chi connectivity index (χ0) is 18.6. The molecule has 0 aliphatic carbocycles. The summed E-state index contributed by atoms with van der Waals surface area (Å²) in [4.78, 5) is 9.04. The Balaban J connectivity index is 1.36. The van der Waals surface area contributed by atoms with Crippen molar-refractivity contribution in [1.29, 1.82) is 0 Å². The summed E-state index contributed by atoms with van der Waals surface area (Å²) in [5, 5.41) is 16.3. The Kier molecular flexibility index (Phi) is 5.10. The highest BCUT2D eigenvalue weighted by atomic mass is 16.5. The molecule has 9 heteroatoms. The van der Waals surface area contributed by atoms with Crippen molar-refractivity contribution in [2.24, 2.45) is 5.92 Å². The summed E-state index contributed by atoms with van der Waals surface area (Å²) in [5.41, 5.74) is 0.962. The largest absolute Gasteiger partial charge is 0.339 e. The lowest BCUT2D eigenvalue weighted by Crippen LogP contribution is -2.47. The van der Waals surface area contributed by atoms with E-state index in [0.29, 0.717) is 12.5 Å². The van der Waals surface area contributed by atoms with E-state index < -0.39 is 0 Å². The molecule has 0 N–H and O–H groups in total. The van der Waals surface area contributed by atoms with Gasteiger partial charge in [0, 0.05) is 32.6 Å². The van der Waals surface area contributed by atoms with Crippen LogP contribution in [0.5, 0.6) is 0 Å². The predicted octanol–water partition coefficient (Wildman–Crippen LogP) is 1.57. The maximum Gasteiger partial charge on any atom is 0.250 e. The first-order valence-electron chi connectivity index (χ1n) is 9.31. The second-order valence-electron chi connectivity index (χ2n) is 7.19. The van der Waals surface area contributed by atoms with Gasteiger partial charge in [-0.05, 0) is 28.5 Å². The van der Waals surface area contributed by atoms with E-state index in [9.17, 15) is 0 Å². The molecule has 142 valence electrons. The zero-order valence-electron chi connectivity index (χ0n) is 15.7. The molecule has 0 saturated carbocycles. The van der Waals surface area contributed by atoms with E-state index in [-0.39, 0.29) is 0 Å². The minimum absolute atomic E-state index is 0.512. The van der Waals surface area contributed by atoms with Crippen molar-refractivity contribution in [3.8, 4) is 5.69 Å². The molecule has 0 radical (unpaired) electrons. The minimum atomic E-state index is 0.512. The van der Waals surface area contributed by atoms with Gasteiger partial charge in [0.2, 0.25) is 11.8 Å². The molecule has 1 aliphatic heterocycles. The fourth-order valence-electron chi connectivity index (χ4n) is 3.21. The Labute approximate surface area is 158 Å². The number of rotatable bonds is 6. The molecule has 4 rings (SSSR count). The van der Waals surface area contributed by atoms with E-state index in [1.54, 1.807) is 4.68 Å². The van der Waals surface area contributed by atoms with Crippen molar-refractivity contribution in [2.75, 3.05) is 31.1 Å². The number of benzene rings is 1. The topological polar surface area (TPSA) is 89.0 Å². The third-order valence-electron chi connectivity index (χ3n) is 4.57. The summed E-state index contributed by atoms with van der Waals surface area (Å²) in [5.74, 6) is 2.77. The Hall–Kier alpha value is -2.81. The Morgan fingerprint density at radius 2 is 1.85 bits per heavy atom. The monoisotopic (exact) mass is 368 g/mol. The summed E-state index contributed by atoms with van der Waals surface area (Å²) < 4.78 is 7.12. The fourth-order valence-corrected chi connectivity index (χ4v) is 3.21. The summed E-state index contributed by atoms with van der Waals surface area (Å²) >= 11 is 0. The molecule has 1 aromatic carbocycles. The quantitative estimate of drug-likeness (QED) is 0.648. The molecule has 0 amide bonds. The maximum atomic E-state index is 5.33. The molecule has 27 heavy (non-hydrogen) atoms. The summed E-state index contributed by atoms with van der Waals surface area (Å²) in [6, 6.07) is 9.95. The lowest BCUT2D eigenvalue weighted by Gasteiger charge is -2.34. The lowest BCUT2D eigenvalue weighted by atomic mass is 10.1. The van der Waals surface area contributed by atoms with Crippen LogP contribution in [0.2, 0.25) is 0 Å². The molecule has 1 saturated heterocycles. The van der Waals surface area contributed by atoms with Crippen molar-refractivity contribution in [1.82, 2.24) is 35.2 Å². The van der Waals surface area contributed by atoms with Gasteiger partial charge in [0.05, 0.1) is 12.2 Å². The van der Waals surface area contributed by atoms with Crippen molar-refractivity contribution >= 4 is 5.95 Å². The molecular formula is C18H24N8O. The highest BCUT2D eigenvalue weighted by Gasteiger charge is 2.23. The maximum absolute atomic E-state index is 5.33. The number of hydrogen-bond acceptors (Lipinski definition) is 8. The molecule has 1 fully saturated rings. The van der Waals surface area contributed by atoms with Gasteiger partial charge in [-0.1, -0.05) is 42.3 Å². The van der Waals surface area contributed by atoms with E-state index in [4.69, 9.17) is 4.52 Å². The normalized spacial score (nSPS) is 15.6. The van der Waals surface area contributed by atoms with Crippen molar-refractivity contribution < 1.29 is 4.52 Å². The third-order valence-corrected chi connectivity index (χ3v) is 4.57. The van der Waals surface area contributed by atoms with Crippen LogP contribution < -0.4 is 4.90 Å². The first-order valence-corrected chi connectivity index (χ1v) is 9.31. The molecule has 1 aliphatic rings. The molecule has 3 aromatic rings. The van der Waals surface area contributed by atoms with E-state index in [0.717, 1.165) is 56.0 Å². The highest BCUT2D eigenvalue weighted by Crippen LogP contribution is 2.17. The second kappa shape index (κ2) is 7.83. The first-order chi connectivity index (χ1) is 13.2. The van der Waals surface area contributed by atoms with Crippen LogP contribution in [-0.4, -0.2) is 61.4 Å². The van der Waals surface area contributed by atoms with Gasteiger partial charge < -0.3 is 9.42 Å². The van der Waals surface area contributed by atoms with Crippen LogP contribution in [0.1, 0.15) is 25.6 Å². The number of para-hydroxylation sites is 1. The van der Waals surface area contributed by atoms with Crippen LogP contribution in [-0.2, 0) is 13.0 Å². The number of hydrogen-bond donors (Lipinski definition) is 0. The van der Waals surface area contributed by atoms with Gasteiger partial charge in [-0.25, -0.2) is 0 Å². The summed E-state index contributed by atoms with van der Waals surface area (Å²) in [7, 11) is 0. The van der Waals surface area contributed by atoms with Crippen LogP contribution in [0.4, 0.5) is 5.95 Å². The lowest BCUT2D eigenvalue weighted by molar-refractivity contribution is 0.238. The summed E-state index contributed by atoms with van der Waals surface area (Å²) in [6.07, 6.45) is 0.822. The van der Waals surface area contributed by atoms with E-state index in [2.05, 4.69) is 49.3 Å². The van der Waals surface area contributed by atoms with E-state index >= 15 is 0 Å². The average Bonchev–Trinajstić information content (AvgIpc) is 3.32. The van der Waals surface area contributed by atoms with Crippen LogP contribution >= 0.6 is 0 Å². The SMILES string of the molecule is CC(C)Cc1nc(CN2CCN(c3nnnn3-c3ccccc3)CC2)no1. The predicted molar refractivity (Wildman–Crippen MR) is 99.5 cm³/mol. The van der Waals surface area contributed by atoms with Gasteiger partial charge in [0.25, 0.3) is 0 Å². The number of anilines is 1. The fraction of sp³-hybridized carbons (Fsp3) is 0.500. The molecular weight excluding hydrogens is 344 g/mol. The van der Waals surface area contributed by atoms with Crippen molar-refractivity contribution in [2.45, 2.75) is 26.8 Å². The standard InChI is InChI=1S/C18H24N8O/c1-14(2)12-17-19-16(21-27-17)13-24-8-10-25(11-9-24)18-20-22-23-26(18)15-6-4-3-5-7-15/h3-7,14H,8-13H2,1-2H3. The van der Waals surface area contributed by atoms with Gasteiger partial charge >= 0.3 is 0 Å². The molecule has 3 heterocycles. The van der Waals surface area contributed by atoms with Crippen LogP contribution in [0.3, 0.4) is 0 Å². The first kappa shape index (κ1) is 17.6. The Bertz CT molecular complexity index is 851. The smallest absolute Gasteiger partial charge is 0.250 e. The van der Waals surface area contributed by atoms with E-state index in [1.165, 1.54) is 0 Å². The molecule has 2 aromatic heterocycles. The van der Waals surface area contributed by atoms with Gasteiger partial charge in [-0.15, -0.1) is 0 Å². The van der Waals surface area contributed by atoms with Crippen molar-refractivity contribution in [3.05, 3.63) is 42.0 Å². The number of piperazine rings is 1. The van der Waals surface area contributed by atoms with E-state index in [1.807, 2.05) is 30.3 Å². The van der Waals surface area contributed by atoms with Crippen molar-refractivity contribution in [3.63, 3.8) is 0 Å². The average molecular weight is 368 g/mol. The van der Waals surface area contributed by atoms with Gasteiger partial charge in [0.15, 0.2) is 5.82 Å². The van der Waals surface area contributed by atoms with Gasteiger partial charge in [-0.2, -0.15) is 9.67 Å². The van der Waals surface area contributed by atoms with Gasteiger partial charge in [0.1, 0.15) is 0 Å². The highest BCUT2D eigenvalue weighted by molar-refractivity contribution is 5.40. The Morgan fingerprint density at radius 3 is 2.59 bits per heavy atom. The molecule has 0 bridgehead atoms. The second-order valence-corrected chi connectivity index (χ2v) is 7.19. The number of nitrogens with zero attached hydrogens (tertiary/aromatic N) is 8. The minimum Gasteiger partial charge on any atom is -0.339 e. The van der Waals surface area contributed by atoms with Gasteiger partial charge in [-0.3, -0.25) is 4.90 Å². The third kappa shape index (κ3) is 4.13. The summed E-state index contributed by atoms with van der Waals surface area (Å²) in [6.45, 7) is 8.50. The number of aromatic nitrogens is 6. The van der Waals surface area contributed by atoms with Crippen LogP contribution in [0.25, 0.3) is 5.69 Å². The van der Waals surface area contributed by atoms with Crippen LogP contribution in [0.15, 0.2) is 34.9 Å². The molecule has 9 nitrogen and oxygen atoms in total. The van der Waals surface area contributed by atoms with Crippen LogP contribution in [0, 0.1) is 5.92 Å². The molecule has 0 unspecified atom stereocenters. The molecule has 0 spiro atoms. The number of tetrazole rings is 1.